The van der Waals surface area contributed by atoms with Crippen LogP contribution in [0.1, 0.15) is 25.7 Å². The number of amides is 2. The standard InChI is InChI=1S/C12H14IN3O/c13-9-3-4-10(14-7-9)16-8-12(15-11(16)17)5-1-2-6-12/h3-4,7H,1-2,5-6,8H2,(H,15,17). The molecule has 0 unspecified atom stereocenters. The van der Waals surface area contributed by atoms with Gasteiger partial charge in [0.1, 0.15) is 5.82 Å². The summed E-state index contributed by atoms with van der Waals surface area (Å²) < 4.78 is 1.08. The Kier molecular flexibility index (Phi) is 2.72. The number of carbonyl (C=O) groups is 1. The van der Waals surface area contributed by atoms with Gasteiger partial charge in [0.05, 0.1) is 12.1 Å². The average Bonchev–Trinajstić information content (AvgIpc) is 2.88. The second-order valence-electron chi connectivity index (χ2n) is 4.84. The van der Waals surface area contributed by atoms with E-state index in [0.29, 0.717) is 0 Å². The molecule has 0 bridgehead atoms. The van der Waals surface area contributed by atoms with Gasteiger partial charge in [0.15, 0.2) is 0 Å². The number of hydrogen-bond donors (Lipinski definition) is 1. The van der Waals surface area contributed by atoms with E-state index in [4.69, 9.17) is 0 Å². The van der Waals surface area contributed by atoms with Crippen molar-refractivity contribution in [2.24, 2.45) is 0 Å². The van der Waals surface area contributed by atoms with E-state index in [1.165, 1.54) is 12.8 Å². The summed E-state index contributed by atoms with van der Waals surface area (Å²) in [5.41, 5.74) is 0.0156. The van der Waals surface area contributed by atoms with Crippen LogP contribution in [0.3, 0.4) is 0 Å². The fourth-order valence-electron chi connectivity index (χ4n) is 2.76. The summed E-state index contributed by atoms with van der Waals surface area (Å²) in [6, 6.07) is 3.89. The molecule has 3 rings (SSSR count). The van der Waals surface area contributed by atoms with Crippen molar-refractivity contribution in [1.82, 2.24) is 10.3 Å². The maximum atomic E-state index is 12.0. The Morgan fingerprint density at radius 3 is 2.76 bits per heavy atom. The topological polar surface area (TPSA) is 45.2 Å². The van der Waals surface area contributed by atoms with Crippen LogP contribution in [0.2, 0.25) is 0 Å². The highest BCUT2D eigenvalue weighted by Gasteiger charge is 2.44. The van der Waals surface area contributed by atoms with Crippen molar-refractivity contribution < 1.29 is 4.79 Å². The second kappa shape index (κ2) is 4.12. The van der Waals surface area contributed by atoms with Gasteiger partial charge < -0.3 is 5.32 Å². The van der Waals surface area contributed by atoms with Crippen LogP contribution in [0.4, 0.5) is 10.6 Å². The molecule has 1 aliphatic heterocycles. The average molecular weight is 343 g/mol. The van der Waals surface area contributed by atoms with Gasteiger partial charge in [-0.25, -0.2) is 9.78 Å². The van der Waals surface area contributed by atoms with Crippen LogP contribution in [-0.4, -0.2) is 23.1 Å². The first-order valence-electron chi connectivity index (χ1n) is 5.90. The number of rotatable bonds is 1. The highest BCUT2D eigenvalue weighted by atomic mass is 127. The Bertz CT molecular complexity index is 440. The van der Waals surface area contributed by atoms with Crippen LogP contribution in [0.15, 0.2) is 18.3 Å². The van der Waals surface area contributed by atoms with Crippen molar-refractivity contribution >= 4 is 34.4 Å². The van der Waals surface area contributed by atoms with Crippen LogP contribution in [0.5, 0.6) is 0 Å². The molecule has 1 saturated carbocycles. The number of anilines is 1. The van der Waals surface area contributed by atoms with Gasteiger partial charge in [-0.3, -0.25) is 4.90 Å². The Balaban J connectivity index is 1.85. The molecule has 1 spiro atoms. The number of halogens is 1. The molecule has 90 valence electrons. The number of aromatic nitrogens is 1. The third-order valence-electron chi connectivity index (χ3n) is 3.63. The van der Waals surface area contributed by atoms with Gasteiger partial charge >= 0.3 is 6.03 Å². The normalized spacial score (nSPS) is 22.2. The number of hydrogen-bond acceptors (Lipinski definition) is 2. The predicted octanol–water partition coefficient (Wildman–Crippen LogP) is 2.53. The van der Waals surface area contributed by atoms with Gasteiger partial charge in [-0.1, -0.05) is 12.8 Å². The van der Waals surface area contributed by atoms with Crippen molar-refractivity contribution in [3.63, 3.8) is 0 Å². The van der Waals surface area contributed by atoms with E-state index in [1.807, 2.05) is 12.1 Å². The first-order valence-corrected chi connectivity index (χ1v) is 6.98. The largest absolute Gasteiger partial charge is 0.330 e. The maximum Gasteiger partial charge on any atom is 0.323 e. The number of pyridine rings is 1. The number of carbonyl (C=O) groups excluding carboxylic acids is 1. The minimum atomic E-state index is 0.000563. The zero-order valence-electron chi connectivity index (χ0n) is 9.45. The van der Waals surface area contributed by atoms with Gasteiger partial charge in [0.25, 0.3) is 0 Å². The van der Waals surface area contributed by atoms with E-state index in [9.17, 15) is 4.79 Å². The molecule has 2 amide bonds. The van der Waals surface area contributed by atoms with Gasteiger partial charge in [-0.15, -0.1) is 0 Å². The van der Waals surface area contributed by atoms with Gasteiger partial charge in [0.2, 0.25) is 0 Å². The molecule has 0 aromatic carbocycles. The lowest BCUT2D eigenvalue weighted by Crippen LogP contribution is -2.40. The molecule has 2 heterocycles. The SMILES string of the molecule is O=C1NC2(CCCC2)CN1c1ccc(I)cn1. The van der Waals surface area contributed by atoms with E-state index in [2.05, 4.69) is 32.9 Å². The molecular weight excluding hydrogens is 329 g/mol. The van der Waals surface area contributed by atoms with Gasteiger partial charge in [-0.2, -0.15) is 0 Å². The molecule has 1 aliphatic carbocycles. The van der Waals surface area contributed by atoms with Crippen molar-refractivity contribution in [3.8, 4) is 0 Å². The van der Waals surface area contributed by atoms with Crippen LogP contribution in [0, 0.1) is 3.57 Å². The minimum Gasteiger partial charge on any atom is -0.330 e. The van der Waals surface area contributed by atoms with E-state index in [0.717, 1.165) is 28.8 Å². The van der Waals surface area contributed by atoms with Gasteiger partial charge in [0, 0.05) is 9.77 Å². The third kappa shape index (κ3) is 2.00. The highest BCUT2D eigenvalue weighted by molar-refractivity contribution is 14.1. The molecule has 1 N–H and O–H groups in total. The van der Waals surface area contributed by atoms with Crippen LogP contribution in [-0.2, 0) is 0 Å². The minimum absolute atomic E-state index is 0.000563. The summed E-state index contributed by atoms with van der Waals surface area (Å²) in [5.74, 6) is 0.756. The van der Waals surface area contributed by atoms with Gasteiger partial charge in [-0.05, 0) is 47.6 Å². The zero-order valence-corrected chi connectivity index (χ0v) is 11.6. The molecule has 4 nitrogen and oxygen atoms in total. The van der Waals surface area contributed by atoms with Crippen LogP contribution >= 0.6 is 22.6 Å². The summed E-state index contributed by atoms with van der Waals surface area (Å²) in [6.45, 7) is 0.763. The van der Waals surface area contributed by atoms with Crippen LogP contribution < -0.4 is 10.2 Å². The van der Waals surface area contributed by atoms with E-state index in [1.54, 1.807) is 11.1 Å². The fraction of sp³-hybridized carbons (Fsp3) is 0.500. The summed E-state index contributed by atoms with van der Waals surface area (Å²) in [4.78, 5) is 18.1. The summed E-state index contributed by atoms with van der Waals surface area (Å²) in [5, 5.41) is 3.14. The molecule has 1 aromatic rings. The monoisotopic (exact) mass is 343 g/mol. The Hall–Kier alpha value is -0.850. The fourth-order valence-corrected chi connectivity index (χ4v) is 3.07. The second-order valence-corrected chi connectivity index (χ2v) is 6.08. The van der Waals surface area contributed by atoms with Crippen molar-refractivity contribution in [2.45, 2.75) is 31.2 Å². The predicted molar refractivity (Wildman–Crippen MR) is 74.0 cm³/mol. The number of nitrogens with one attached hydrogen (secondary N) is 1. The quantitative estimate of drug-likeness (QED) is 0.797. The lowest BCUT2D eigenvalue weighted by atomic mass is 9.99. The molecular formula is C12H14IN3O. The molecule has 0 atom stereocenters. The molecule has 17 heavy (non-hydrogen) atoms. The number of nitrogens with zero attached hydrogens (tertiary/aromatic N) is 2. The first kappa shape index (κ1) is 11.3. The molecule has 5 heteroatoms. The lowest BCUT2D eigenvalue weighted by Gasteiger charge is -2.21. The Morgan fingerprint density at radius 1 is 1.35 bits per heavy atom. The van der Waals surface area contributed by atoms with Crippen molar-refractivity contribution in [1.29, 1.82) is 0 Å². The van der Waals surface area contributed by atoms with E-state index in [-0.39, 0.29) is 11.6 Å². The Labute approximate surface area is 114 Å². The summed E-state index contributed by atoms with van der Waals surface area (Å²) in [6.07, 6.45) is 6.42. The Morgan fingerprint density at radius 2 is 2.12 bits per heavy atom. The molecule has 1 aromatic heterocycles. The van der Waals surface area contributed by atoms with E-state index >= 15 is 0 Å². The molecule has 1 saturated heterocycles. The van der Waals surface area contributed by atoms with Crippen LogP contribution in [0.25, 0.3) is 0 Å². The van der Waals surface area contributed by atoms with Crippen molar-refractivity contribution in [3.05, 3.63) is 21.9 Å². The van der Waals surface area contributed by atoms with E-state index < -0.39 is 0 Å². The lowest BCUT2D eigenvalue weighted by molar-refractivity contribution is 0.247. The zero-order chi connectivity index (χ0) is 11.9. The smallest absolute Gasteiger partial charge is 0.323 e. The van der Waals surface area contributed by atoms with Crippen molar-refractivity contribution in [2.75, 3.05) is 11.4 Å². The maximum absolute atomic E-state index is 12.0. The molecule has 2 fully saturated rings. The third-order valence-corrected chi connectivity index (χ3v) is 4.27. The summed E-state index contributed by atoms with van der Waals surface area (Å²) in [7, 11) is 0. The summed E-state index contributed by atoms with van der Waals surface area (Å²) >= 11 is 2.21. The molecule has 0 radical (unpaired) electrons. The number of urea groups is 1. The molecule has 2 aliphatic rings. The first-order chi connectivity index (χ1) is 8.19. The highest BCUT2D eigenvalue weighted by Crippen LogP contribution is 2.35.